The Hall–Kier alpha value is 0.0500. The van der Waals surface area contributed by atoms with Gasteiger partial charge in [-0.05, 0) is 24.8 Å². The number of hydrogen-bond acceptors (Lipinski definition) is 2. The Kier molecular flexibility index (Phi) is 2.43. The fourth-order valence-corrected chi connectivity index (χ4v) is 1.74. The summed E-state index contributed by atoms with van der Waals surface area (Å²) in [6.45, 7) is 0.833. The number of rotatable bonds is 2. The molecule has 1 aliphatic rings. The van der Waals surface area contributed by atoms with Crippen LogP contribution in [0.5, 0.6) is 0 Å². The fraction of sp³-hybridized carbons (Fsp3) is 0.667. The van der Waals surface area contributed by atoms with E-state index in [-0.39, 0.29) is 0 Å². The molecular formula is C6H11NS. The zero-order valence-electron chi connectivity index (χ0n) is 4.84. The molecule has 1 nitrogen and oxygen atoms in total. The summed E-state index contributed by atoms with van der Waals surface area (Å²) in [7, 11) is 0. The van der Waals surface area contributed by atoms with Crippen molar-refractivity contribution in [2.75, 3.05) is 6.54 Å². The number of thioether (sulfide) groups is 1. The van der Waals surface area contributed by atoms with Crippen molar-refractivity contribution in [3.8, 4) is 0 Å². The molecule has 1 heterocycles. The van der Waals surface area contributed by atoms with Gasteiger partial charge in [0.1, 0.15) is 0 Å². The molecule has 0 spiro atoms. The molecule has 0 aromatic rings. The first-order chi connectivity index (χ1) is 3.93. The second-order valence-electron chi connectivity index (χ2n) is 1.94. The molecule has 1 aliphatic heterocycles. The lowest BCUT2D eigenvalue weighted by atomic mass is 10.2. The van der Waals surface area contributed by atoms with Crippen LogP contribution in [0.2, 0.25) is 0 Å². The van der Waals surface area contributed by atoms with Crippen LogP contribution in [0, 0.1) is 0 Å². The molecule has 0 radical (unpaired) electrons. The van der Waals surface area contributed by atoms with E-state index < -0.39 is 0 Å². The van der Waals surface area contributed by atoms with E-state index in [0.29, 0.717) is 0 Å². The van der Waals surface area contributed by atoms with Crippen LogP contribution in [0.4, 0.5) is 0 Å². The summed E-state index contributed by atoms with van der Waals surface area (Å²) in [6, 6.07) is 0. The van der Waals surface area contributed by atoms with Gasteiger partial charge in [-0.25, -0.2) is 0 Å². The molecule has 1 atom stereocenters. The minimum atomic E-state index is 0.792. The largest absolute Gasteiger partial charge is 0.330 e. The van der Waals surface area contributed by atoms with Gasteiger partial charge in [-0.1, -0.05) is 6.08 Å². The van der Waals surface area contributed by atoms with Crippen molar-refractivity contribution in [2.24, 2.45) is 5.73 Å². The Morgan fingerprint density at radius 3 is 3.12 bits per heavy atom. The van der Waals surface area contributed by atoms with Gasteiger partial charge in [-0.15, -0.1) is 11.8 Å². The smallest absolute Gasteiger partial charge is 0.0135 e. The molecule has 0 bridgehead atoms. The summed E-state index contributed by atoms with van der Waals surface area (Å²) in [5.74, 6) is 0. The van der Waals surface area contributed by atoms with Crippen LogP contribution in [-0.4, -0.2) is 11.8 Å². The van der Waals surface area contributed by atoms with E-state index in [4.69, 9.17) is 5.73 Å². The lowest BCUT2D eigenvalue weighted by Gasteiger charge is -2.03. The second kappa shape index (κ2) is 3.15. The molecule has 1 unspecified atom stereocenters. The topological polar surface area (TPSA) is 26.0 Å². The van der Waals surface area contributed by atoms with Gasteiger partial charge in [0.05, 0.1) is 0 Å². The SMILES string of the molecule is NCCC1CC=CS1. The first-order valence-corrected chi connectivity index (χ1v) is 3.88. The standard InChI is InChI=1S/C6H11NS/c7-4-3-6-2-1-5-8-6/h1,5-6H,2-4,7H2. The third kappa shape index (κ3) is 1.53. The highest BCUT2D eigenvalue weighted by atomic mass is 32.2. The zero-order valence-corrected chi connectivity index (χ0v) is 5.66. The molecule has 1 rings (SSSR count). The van der Waals surface area contributed by atoms with Crippen molar-refractivity contribution in [3.05, 3.63) is 11.5 Å². The van der Waals surface area contributed by atoms with Gasteiger partial charge in [-0.2, -0.15) is 0 Å². The van der Waals surface area contributed by atoms with Gasteiger partial charge >= 0.3 is 0 Å². The summed E-state index contributed by atoms with van der Waals surface area (Å²) < 4.78 is 0. The van der Waals surface area contributed by atoms with Crippen molar-refractivity contribution >= 4 is 11.8 Å². The number of allylic oxidation sites excluding steroid dienone is 1. The van der Waals surface area contributed by atoms with Gasteiger partial charge in [-0.3, -0.25) is 0 Å². The molecule has 0 aromatic heterocycles. The zero-order chi connectivity index (χ0) is 5.82. The highest BCUT2D eigenvalue weighted by Crippen LogP contribution is 2.25. The van der Waals surface area contributed by atoms with E-state index >= 15 is 0 Å². The molecule has 0 aliphatic carbocycles. The van der Waals surface area contributed by atoms with E-state index in [2.05, 4.69) is 11.5 Å². The lowest BCUT2D eigenvalue weighted by molar-refractivity contribution is 0.785. The van der Waals surface area contributed by atoms with Crippen molar-refractivity contribution in [3.63, 3.8) is 0 Å². The Balaban J connectivity index is 2.10. The highest BCUT2D eigenvalue weighted by Gasteiger charge is 2.07. The number of nitrogens with two attached hydrogens (primary N) is 1. The maximum absolute atomic E-state index is 5.37. The van der Waals surface area contributed by atoms with E-state index in [1.54, 1.807) is 0 Å². The average molecular weight is 129 g/mol. The quantitative estimate of drug-likeness (QED) is 0.609. The van der Waals surface area contributed by atoms with Gasteiger partial charge < -0.3 is 5.73 Å². The van der Waals surface area contributed by atoms with Crippen molar-refractivity contribution < 1.29 is 0 Å². The predicted octanol–water partition coefficient (Wildman–Crippen LogP) is 1.35. The van der Waals surface area contributed by atoms with Gasteiger partial charge in [0, 0.05) is 5.25 Å². The first kappa shape index (κ1) is 6.17. The fourth-order valence-electron chi connectivity index (χ4n) is 0.801. The summed E-state index contributed by atoms with van der Waals surface area (Å²) in [6.07, 6.45) is 4.60. The average Bonchev–Trinajstić information content (AvgIpc) is 2.19. The molecule has 2 N–H and O–H groups in total. The Morgan fingerprint density at radius 1 is 1.75 bits per heavy atom. The molecule has 8 heavy (non-hydrogen) atoms. The van der Waals surface area contributed by atoms with Crippen LogP contribution in [0.25, 0.3) is 0 Å². The van der Waals surface area contributed by atoms with Crippen LogP contribution >= 0.6 is 11.8 Å². The predicted molar refractivity (Wildman–Crippen MR) is 38.8 cm³/mol. The van der Waals surface area contributed by atoms with Crippen LogP contribution in [0.1, 0.15) is 12.8 Å². The van der Waals surface area contributed by atoms with Crippen molar-refractivity contribution in [2.45, 2.75) is 18.1 Å². The maximum atomic E-state index is 5.37. The molecule has 0 fully saturated rings. The van der Waals surface area contributed by atoms with Gasteiger partial charge in [0.25, 0.3) is 0 Å². The summed E-state index contributed by atoms with van der Waals surface area (Å²) in [5, 5.41) is 2.96. The molecule has 0 aromatic carbocycles. The molecule has 0 saturated carbocycles. The molecule has 2 heteroatoms. The summed E-state index contributed by atoms with van der Waals surface area (Å²) in [5.41, 5.74) is 5.37. The highest BCUT2D eigenvalue weighted by molar-refractivity contribution is 8.03. The second-order valence-corrected chi connectivity index (χ2v) is 3.15. The minimum absolute atomic E-state index is 0.792. The minimum Gasteiger partial charge on any atom is -0.330 e. The maximum Gasteiger partial charge on any atom is 0.0135 e. The van der Waals surface area contributed by atoms with Gasteiger partial charge in [0.15, 0.2) is 0 Å². The van der Waals surface area contributed by atoms with Crippen LogP contribution in [0.3, 0.4) is 0 Å². The van der Waals surface area contributed by atoms with Crippen molar-refractivity contribution in [1.82, 2.24) is 0 Å². The van der Waals surface area contributed by atoms with Crippen LogP contribution < -0.4 is 5.73 Å². The first-order valence-electron chi connectivity index (χ1n) is 2.94. The van der Waals surface area contributed by atoms with Gasteiger partial charge in [0.2, 0.25) is 0 Å². The normalized spacial score (nSPS) is 26.9. The Bertz CT molecular complexity index is 82.5. The lowest BCUT2D eigenvalue weighted by Crippen LogP contribution is -2.07. The summed E-state index contributed by atoms with van der Waals surface area (Å²) >= 11 is 1.91. The van der Waals surface area contributed by atoms with Crippen LogP contribution in [0.15, 0.2) is 11.5 Å². The molecule has 0 amide bonds. The van der Waals surface area contributed by atoms with Crippen molar-refractivity contribution in [1.29, 1.82) is 0 Å². The monoisotopic (exact) mass is 129 g/mol. The summed E-state index contributed by atoms with van der Waals surface area (Å²) in [4.78, 5) is 0. The molecule has 46 valence electrons. The Morgan fingerprint density at radius 2 is 2.62 bits per heavy atom. The van der Waals surface area contributed by atoms with E-state index in [0.717, 1.165) is 18.2 Å². The Labute approximate surface area is 54.3 Å². The van der Waals surface area contributed by atoms with Crippen LogP contribution in [-0.2, 0) is 0 Å². The molecular weight excluding hydrogens is 118 g/mol. The van der Waals surface area contributed by atoms with E-state index in [9.17, 15) is 0 Å². The van der Waals surface area contributed by atoms with E-state index in [1.165, 1.54) is 6.42 Å². The van der Waals surface area contributed by atoms with E-state index in [1.807, 2.05) is 11.8 Å². The molecule has 0 saturated heterocycles. The third-order valence-corrected chi connectivity index (χ3v) is 2.42. The number of hydrogen-bond donors (Lipinski definition) is 1. The third-order valence-electron chi connectivity index (χ3n) is 1.25.